The summed E-state index contributed by atoms with van der Waals surface area (Å²) in [5.74, 6) is 0. The van der Waals surface area contributed by atoms with Crippen molar-refractivity contribution in [2.24, 2.45) is 0 Å². The van der Waals surface area contributed by atoms with Gasteiger partial charge in [-0.2, -0.15) is 0 Å². The third kappa shape index (κ3) is 1.95. The molecule has 0 radical (unpaired) electrons. The highest BCUT2D eigenvalue weighted by Crippen LogP contribution is 2.28. The molecular formula is C15H13NO. The van der Waals surface area contributed by atoms with Crippen molar-refractivity contribution in [1.82, 2.24) is 5.48 Å². The van der Waals surface area contributed by atoms with Gasteiger partial charge in [-0.25, -0.2) is 0 Å². The average molecular weight is 223 g/mol. The number of hydrogen-bond acceptors (Lipinski definition) is 2. The Bertz CT molecular complexity index is 482. The minimum atomic E-state index is 0.605. The van der Waals surface area contributed by atoms with Crippen molar-refractivity contribution in [3.05, 3.63) is 71.8 Å². The summed E-state index contributed by atoms with van der Waals surface area (Å²) in [6, 6.07) is 20.6. The van der Waals surface area contributed by atoms with E-state index in [1.165, 1.54) is 11.1 Å². The van der Waals surface area contributed by atoms with Gasteiger partial charge in [-0.05, 0) is 5.56 Å². The molecule has 1 N–H and O–H groups in total. The van der Waals surface area contributed by atoms with Gasteiger partial charge < -0.3 is 0 Å². The summed E-state index contributed by atoms with van der Waals surface area (Å²) in [4.78, 5) is 5.35. The van der Waals surface area contributed by atoms with Crippen LogP contribution >= 0.6 is 0 Å². The van der Waals surface area contributed by atoms with E-state index in [9.17, 15) is 0 Å². The topological polar surface area (TPSA) is 21.3 Å². The van der Waals surface area contributed by atoms with Gasteiger partial charge in [0.15, 0.2) is 0 Å². The van der Waals surface area contributed by atoms with Gasteiger partial charge in [0.05, 0.1) is 5.70 Å². The molecule has 2 aromatic rings. The Labute approximate surface area is 101 Å². The molecule has 1 heterocycles. The van der Waals surface area contributed by atoms with Gasteiger partial charge in [-0.3, -0.25) is 10.3 Å². The van der Waals surface area contributed by atoms with Crippen LogP contribution in [0.1, 0.15) is 11.1 Å². The van der Waals surface area contributed by atoms with Crippen LogP contribution in [0.3, 0.4) is 0 Å². The van der Waals surface area contributed by atoms with Gasteiger partial charge in [0, 0.05) is 11.1 Å². The van der Waals surface area contributed by atoms with Crippen LogP contribution in [-0.4, -0.2) is 6.61 Å². The number of benzene rings is 2. The van der Waals surface area contributed by atoms with Crippen LogP contribution in [0.15, 0.2) is 60.7 Å². The van der Waals surface area contributed by atoms with E-state index in [4.69, 9.17) is 4.84 Å². The summed E-state index contributed by atoms with van der Waals surface area (Å²) in [6.45, 7) is 0.605. The van der Waals surface area contributed by atoms with Crippen LogP contribution in [0.5, 0.6) is 0 Å². The van der Waals surface area contributed by atoms with Gasteiger partial charge in [0.1, 0.15) is 6.61 Å². The highest BCUT2D eigenvalue weighted by Gasteiger charge is 2.17. The molecule has 0 atom stereocenters. The van der Waals surface area contributed by atoms with E-state index in [2.05, 4.69) is 29.7 Å². The number of rotatable bonds is 2. The summed E-state index contributed by atoms with van der Waals surface area (Å²) in [7, 11) is 0. The van der Waals surface area contributed by atoms with E-state index in [0.717, 1.165) is 11.3 Å². The molecule has 0 bridgehead atoms. The lowest BCUT2D eigenvalue weighted by Gasteiger charge is -2.05. The molecule has 0 spiro atoms. The van der Waals surface area contributed by atoms with Gasteiger partial charge in [-0.15, -0.1) is 0 Å². The second-order valence-electron chi connectivity index (χ2n) is 3.98. The van der Waals surface area contributed by atoms with Crippen molar-refractivity contribution in [2.75, 3.05) is 6.61 Å². The third-order valence-electron chi connectivity index (χ3n) is 2.88. The maximum atomic E-state index is 5.35. The van der Waals surface area contributed by atoms with Crippen LogP contribution in [-0.2, 0) is 4.84 Å². The van der Waals surface area contributed by atoms with Crippen LogP contribution in [0.25, 0.3) is 11.3 Å². The number of hydroxylamine groups is 1. The molecule has 0 amide bonds. The van der Waals surface area contributed by atoms with E-state index in [0.29, 0.717) is 6.61 Å². The SMILES string of the molecule is c1ccc(C2=C(c3ccccc3)NOC2)cc1. The van der Waals surface area contributed by atoms with Gasteiger partial charge >= 0.3 is 0 Å². The molecule has 2 aromatic carbocycles. The zero-order chi connectivity index (χ0) is 11.5. The quantitative estimate of drug-likeness (QED) is 0.844. The molecule has 3 rings (SSSR count). The Morgan fingerprint density at radius 2 is 1.35 bits per heavy atom. The van der Waals surface area contributed by atoms with E-state index in [1.54, 1.807) is 0 Å². The molecule has 0 aliphatic carbocycles. The van der Waals surface area contributed by atoms with E-state index < -0.39 is 0 Å². The number of hydrogen-bond donors (Lipinski definition) is 1. The highest BCUT2D eigenvalue weighted by molar-refractivity contribution is 5.91. The van der Waals surface area contributed by atoms with Crippen molar-refractivity contribution < 1.29 is 4.84 Å². The van der Waals surface area contributed by atoms with Crippen molar-refractivity contribution >= 4 is 11.3 Å². The Morgan fingerprint density at radius 3 is 2.00 bits per heavy atom. The molecular weight excluding hydrogens is 210 g/mol. The first kappa shape index (κ1) is 10.1. The smallest absolute Gasteiger partial charge is 0.102 e. The van der Waals surface area contributed by atoms with E-state index >= 15 is 0 Å². The fourth-order valence-electron chi connectivity index (χ4n) is 2.02. The molecule has 0 unspecified atom stereocenters. The van der Waals surface area contributed by atoms with Gasteiger partial charge in [0.2, 0.25) is 0 Å². The molecule has 0 saturated carbocycles. The first-order chi connectivity index (χ1) is 8.45. The molecule has 84 valence electrons. The minimum Gasteiger partial charge on any atom is -0.271 e. The zero-order valence-corrected chi connectivity index (χ0v) is 9.39. The predicted molar refractivity (Wildman–Crippen MR) is 68.8 cm³/mol. The lowest BCUT2D eigenvalue weighted by atomic mass is 10.0. The first-order valence-corrected chi connectivity index (χ1v) is 5.67. The van der Waals surface area contributed by atoms with Crippen LogP contribution in [0.4, 0.5) is 0 Å². The average Bonchev–Trinajstić information content (AvgIpc) is 2.90. The molecule has 17 heavy (non-hydrogen) atoms. The van der Waals surface area contributed by atoms with E-state index in [-0.39, 0.29) is 0 Å². The van der Waals surface area contributed by atoms with E-state index in [1.807, 2.05) is 36.4 Å². The van der Waals surface area contributed by atoms with Crippen LogP contribution < -0.4 is 5.48 Å². The fraction of sp³-hybridized carbons (Fsp3) is 0.0667. The molecule has 1 aliphatic heterocycles. The Balaban J connectivity index is 2.08. The summed E-state index contributed by atoms with van der Waals surface area (Å²) in [6.07, 6.45) is 0. The summed E-state index contributed by atoms with van der Waals surface area (Å²) in [5, 5.41) is 0. The Kier molecular flexibility index (Phi) is 2.64. The molecule has 2 heteroatoms. The second-order valence-corrected chi connectivity index (χ2v) is 3.98. The van der Waals surface area contributed by atoms with Crippen LogP contribution in [0, 0.1) is 0 Å². The van der Waals surface area contributed by atoms with Crippen molar-refractivity contribution in [3.63, 3.8) is 0 Å². The molecule has 0 aromatic heterocycles. The highest BCUT2D eigenvalue weighted by atomic mass is 16.6. The Hall–Kier alpha value is -2.06. The van der Waals surface area contributed by atoms with Gasteiger partial charge in [0.25, 0.3) is 0 Å². The van der Waals surface area contributed by atoms with Gasteiger partial charge in [-0.1, -0.05) is 60.7 Å². The lowest BCUT2D eigenvalue weighted by molar-refractivity contribution is 0.123. The summed E-state index contributed by atoms with van der Waals surface area (Å²) >= 11 is 0. The predicted octanol–water partition coefficient (Wildman–Crippen LogP) is 3.09. The molecule has 0 fully saturated rings. The fourth-order valence-corrected chi connectivity index (χ4v) is 2.02. The zero-order valence-electron chi connectivity index (χ0n) is 9.39. The van der Waals surface area contributed by atoms with Crippen molar-refractivity contribution in [1.29, 1.82) is 0 Å². The van der Waals surface area contributed by atoms with Crippen molar-refractivity contribution in [2.45, 2.75) is 0 Å². The standard InChI is InChI=1S/C15H13NO/c1-3-7-12(8-4-1)14-11-17-16-15(14)13-9-5-2-6-10-13/h1-10,16H,11H2. The summed E-state index contributed by atoms with van der Waals surface area (Å²) < 4.78 is 0. The maximum absolute atomic E-state index is 5.35. The molecule has 1 aliphatic rings. The number of nitrogens with one attached hydrogen (secondary N) is 1. The summed E-state index contributed by atoms with van der Waals surface area (Å²) in [5.41, 5.74) is 7.63. The van der Waals surface area contributed by atoms with Crippen LogP contribution in [0.2, 0.25) is 0 Å². The monoisotopic (exact) mass is 223 g/mol. The largest absolute Gasteiger partial charge is 0.271 e. The second kappa shape index (κ2) is 4.44. The van der Waals surface area contributed by atoms with Crippen molar-refractivity contribution in [3.8, 4) is 0 Å². The Morgan fingerprint density at radius 1 is 0.765 bits per heavy atom. The normalized spacial score (nSPS) is 14.8. The minimum absolute atomic E-state index is 0.605. The lowest BCUT2D eigenvalue weighted by Crippen LogP contribution is -2.04. The molecule has 0 saturated heterocycles. The first-order valence-electron chi connectivity index (χ1n) is 5.67. The third-order valence-corrected chi connectivity index (χ3v) is 2.88. The molecule has 2 nitrogen and oxygen atoms in total. The maximum Gasteiger partial charge on any atom is 0.102 e.